The fraction of sp³-hybridized carbons (Fsp3) is 0.722. The Labute approximate surface area is 130 Å². The molecule has 21 heavy (non-hydrogen) atoms. The first-order chi connectivity index (χ1) is 10.1. The summed E-state index contributed by atoms with van der Waals surface area (Å²) in [4.78, 5) is 6.99. The van der Waals surface area contributed by atoms with Gasteiger partial charge in [-0.3, -0.25) is 4.98 Å². The third-order valence-corrected chi connectivity index (χ3v) is 5.01. The normalized spacial score (nSPS) is 19.7. The molecule has 1 aromatic heterocycles. The third-order valence-electron chi connectivity index (χ3n) is 5.01. The summed E-state index contributed by atoms with van der Waals surface area (Å²) < 4.78 is 0. The van der Waals surface area contributed by atoms with E-state index in [4.69, 9.17) is 0 Å². The zero-order valence-electron chi connectivity index (χ0n) is 14.2. The van der Waals surface area contributed by atoms with Crippen molar-refractivity contribution in [2.24, 2.45) is 0 Å². The Morgan fingerprint density at radius 2 is 1.95 bits per heavy atom. The van der Waals surface area contributed by atoms with Gasteiger partial charge in [-0.15, -0.1) is 0 Å². The van der Waals surface area contributed by atoms with E-state index in [9.17, 15) is 0 Å². The minimum absolute atomic E-state index is 0.227. The first-order valence-corrected chi connectivity index (χ1v) is 8.43. The summed E-state index contributed by atoms with van der Waals surface area (Å²) >= 11 is 0. The van der Waals surface area contributed by atoms with E-state index in [-0.39, 0.29) is 5.54 Å². The van der Waals surface area contributed by atoms with Crippen molar-refractivity contribution in [2.75, 3.05) is 20.6 Å². The average Bonchev–Trinajstić information content (AvgIpc) is 2.50. The predicted octanol–water partition coefficient (Wildman–Crippen LogP) is 3.70. The predicted molar refractivity (Wildman–Crippen MR) is 89.5 cm³/mol. The molecule has 0 bridgehead atoms. The van der Waals surface area contributed by atoms with E-state index in [1.165, 1.54) is 44.1 Å². The first kappa shape index (κ1) is 16.4. The molecule has 1 aliphatic carbocycles. The van der Waals surface area contributed by atoms with E-state index in [2.05, 4.69) is 61.5 Å². The summed E-state index contributed by atoms with van der Waals surface area (Å²) in [5, 5.41) is 3.82. The van der Waals surface area contributed by atoms with Crippen LogP contribution in [0.1, 0.15) is 62.7 Å². The van der Waals surface area contributed by atoms with Crippen LogP contribution in [-0.2, 0) is 0 Å². The molecule has 1 heterocycles. The number of aromatic nitrogens is 1. The number of likely N-dealkylation sites (N-methyl/N-ethyl adjacent to an activating group) is 1. The van der Waals surface area contributed by atoms with Crippen molar-refractivity contribution in [3.63, 3.8) is 0 Å². The van der Waals surface area contributed by atoms with Gasteiger partial charge in [0.2, 0.25) is 0 Å². The molecule has 0 aliphatic heterocycles. The van der Waals surface area contributed by atoms with E-state index < -0.39 is 0 Å². The number of nitrogens with zero attached hydrogens (tertiary/aromatic N) is 2. The van der Waals surface area contributed by atoms with Crippen LogP contribution in [0.25, 0.3) is 0 Å². The van der Waals surface area contributed by atoms with Crippen molar-refractivity contribution in [2.45, 2.75) is 64.0 Å². The van der Waals surface area contributed by atoms with Gasteiger partial charge >= 0.3 is 0 Å². The average molecular weight is 289 g/mol. The summed E-state index contributed by atoms with van der Waals surface area (Å²) in [6, 6.07) is 4.78. The van der Waals surface area contributed by atoms with Gasteiger partial charge in [-0.1, -0.05) is 32.3 Å². The minimum Gasteiger partial charge on any atom is -0.308 e. The van der Waals surface area contributed by atoms with E-state index in [0.29, 0.717) is 6.04 Å². The largest absolute Gasteiger partial charge is 0.308 e. The summed E-state index contributed by atoms with van der Waals surface area (Å²) in [7, 11) is 4.49. The van der Waals surface area contributed by atoms with Gasteiger partial charge in [0.1, 0.15) is 0 Å². The molecule has 1 aromatic rings. The van der Waals surface area contributed by atoms with Crippen molar-refractivity contribution in [3.05, 3.63) is 29.6 Å². The Hall–Kier alpha value is -0.930. The van der Waals surface area contributed by atoms with Gasteiger partial charge in [-0.25, -0.2) is 0 Å². The van der Waals surface area contributed by atoms with Crippen molar-refractivity contribution in [3.8, 4) is 0 Å². The lowest BCUT2D eigenvalue weighted by Gasteiger charge is -2.49. The molecule has 0 radical (unpaired) electrons. The molecule has 0 spiro atoms. The zero-order valence-corrected chi connectivity index (χ0v) is 14.2. The fourth-order valence-corrected chi connectivity index (χ4v) is 3.71. The van der Waals surface area contributed by atoms with Gasteiger partial charge < -0.3 is 10.2 Å². The summed E-state index contributed by atoms with van der Waals surface area (Å²) in [6.45, 7) is 5.36. The van der Waals surface area contributed by atoms with Crippen molar-refractivity contribution >= 4 is 0 Å². The Morgan fingerprint density at radius 1 is 1.24 bits per heavy atom. The molecule has 0 saturated heterocycles. The number of hydrogen-bond acceptors (Lipinski definition) is 3. The maximum atomic E-state index is 4.53. The molecule has 3 heteroatoms. The lowest BCUT2D eigenvalue weighted by atomic mass is 9.73. The highest BCUT2D eigenvalue weighted by molar-refractivity contribution is 5.22. The highest BCUT2D eigenvalue weighted by atomic mass is 15.2. The van der Waals surface area contributed by atoms with Gasteiger partial charge in [0.25, 0.3) is 0 Å². The lowest BCUT2D eigenvalue weighted by Crippen LogP contribution is -2.55. The number of pyridine rings is 1. The molecule has 1 saturated carbocycles. The zero-order chi connectivity index (χ0) is 15.3. The molecule has 0 amide bonds. The van der Waals surface area contributed by atoms with Crippen molar-refractivity contribution in [1.29, 1.82) is 0 Å². The van der Waals surface area contributed by atoms with Gasteiger partial charge in [0.05, 0.1) is 6.04 Å². The highest BCUT2D eigenvalue weighted by Gasteiger charge is 2.42. The quantitative estimate of drug-likeness (QED) is 0.865. The smallest absolute Gasteiger partial charge is 0.0522 e. The maximum absolute atomic E-state index is 4.53. The third kappa shape index (κ3) is 3.64. The van der Waals surface area contributed by atoms with E-state index in [1.807, 2.05) is 0 Å². The number of hydrogen-bond donors (Lipinski definition) is 1. The van der Waals surface area contributed by atoms with Crippen molar-refractivity contribution in [1.82, 2.24) is 15.2 Å². The first-order valence-electron chi connectivity index (χ1n) is 8.43. The van der Waals surface area contributed by atoms with Crippen LogP contribution in [0.4, 0.5) is 0 Å². The molecule has 3 nitrogen and oxygen atoms in total. The molecule has 1 unspecified atom stereocenters. The van der Waals surface area contributed by atoms with Gasteiger partial charge in [-0.05, 0) is 58.5 Å². The molecule has 1 fully saturated rings. The van der Waals surface area contributed by atoms with E-state index >= 15 is 0 Å². The molecule has 1 aliphatic rings. The van der Waals surface area contributed by atoms with E-state index in [0.717, 1.165) is 12.2 Å². The van der Waals surface area contributed by atoms with Gasteiger partial charge in [0.15, 0.2) is 0 Å². The maximum Gasteiger partial charge on any atom is 0.0522 e. The molecular formula is C18H31N3. The van der Waals surface area contributed by atoms with Crippen LogP contribution in [0.5, 0.6) is 0 Å². The molecule has 118 valence electrons. The second kappa shape index (κ2) is 7.37. The molecule has 2 rings (SSSR count). The second-order valence-electron chi connectivity index (χ2n) is 6.68. The van der Waals surface area contributed by atoms with Crippen LogP contribution in [0.3, 0.4) is 0 Å². The number of aryl methyl sites for hydroxylation is 1. The van der Waals surface area contributed by atoms with Gasteiger partial charge in [-0.2, -0.15) is 0 Å². The Bertz CT molecular complexity index is 419. The van der Waals surface area contributed by atoms with Crippen LogP contribution in [0, 0.1) is 6.92 Å². The molecule has 1 atom stereocenters. The van der Waals surface area contributed by atoms with E-state index in [1.54, 1.807) is 0 Å². The highest BCUT2D eigenvalue weighted by Crippen LogP contribution is 2.41. The summed E-state index contributed by atoms with van der Waals surface area (Å²) in [5.74, 6) is 0. The summed E-state index contributed by atoms with van der Waals surface area (Å²) in [6.07, 6.45) is 9.83. The Kier molecular flexibility index (Phi) is 5.77. The minimum atomic E-state index is 0.227. The van der Waals surface area contributed by atoms with Crippen LogP contribution in [-0.4, -0.2) is 36.1 Å². The lowest BCUT2D eigenvalue weighted by molar-refractivity contribution is 0.0563. The Morgan fingerprint density at radius 3 is 2.48 bits per heavy atom. The van der Waals surface area contributed by atoms with Crippen LogP contribution in [0.2, 0.25) is 0 Å². The molecular weight excluding hydrogens is 258 g/mol. The Balaban J connectivity index is 2.34. The van der Waals surface area contributed by atoms with Gasteiger partial charge in [0, 0.05) is 17.4 Å². The van der Waals surface area contributed by atoms with Crippen molar-refractivity contribution < 1.29 is 0 Å². The topological polar surface area (TPSA) is 28.2 Å². The SMILES string of the molecule is CCCNC(c1ccc(C)nc1)C1(N(C)C)CCCCC1. The second-order valence-corrected chi connectivity index (χ2v) is 6.68. The molecule has 1 N–H and O–H groups in total. The number of nitrogens with one attached hydrogen (secondary N) is 1. The van der Waals surface area contributed by atoms with Crippen LogP contribution < -0.4 is 5.32 Å². The molecule has 0 aromatic carbocycles. The fourth-order valence-electron chi connectivity index (χ4n) is 3.71. The van der Waals surface area contributed by atoms with Crippen LogP contribution in [0.15, 0.2) is 18.3 Å². The number of rotatable bonds is 6. The monoisotopic (exact) mass is 289 g/mol. The van der Waals surface area contributed by atoms with Crippen LogP contribution >= 0.6 is 0 Å². The standard InChI is InChI=1S/C18H31N3/c1-5-13-19-17(16-10-9-15(2)20-14-16)18(21(3)4)11-7-6-8-12-18/h9-10,14,17,19H,5-8,11-13H2,1-4H3. The summed E-state index contributed by atoms with van der Waals surface area (Å²) in [5.41, 5.74) is 2.66.